The third kappa shape index (κ3) is 4.76. The van der Waals surface area contributed by atoms with Crippen LogP contribution in [0.1, 0.15) is 24.8 Å². The molecule has 126 valence electrons. The second-order valence-corrected chi connectivity index (χ2v) is 5.81. The predicted octanol–water partition coefficient (Wildman–Crippen LogP) is 2.64. The molecule has 1 fully saturated rings. The zero-order chi connectivity index (χ0) is 16.6. The number of carbonyl (C=O) groups excluding carboxylic acids is 1. The van der Waals surface area contributed by atoms with Crippen LogP contribution in [0.15, 0.2) is 42.5 Å². The van der Waals surface area contributed by atoms with Gasteiger partial charge in [-0.3, -0.25) is 4.79 Å². The molecule has 1 aromatic heterocycles. The predicted molar refractivity (Wildman–Crippen MR) is 92.9 cm³/mol. The van der Waals surface area contributed by atoms with Gasteiger partial charge in [0.15, 0.2) is 5.82 Å². The van der Waals surface area contributed by atoms with Crippen molar-refractivity contribution in [3.63, 3.8) is 0 Å². The number of hydrogen-bond donors (Lipinski definition) is 2. The number of nitrogens with zero attached hydrogens (tertiary/aromatic N) is 2. The Balaban J connectivity index is 1.40. The summed E-state index contributed by atoms with van der Waals surface area (Å²) in [6.07, 6.45) is 3.37. The molecule has 6 nitrogen and oxygen atoms in total. The maximum Gasteiger partial charge on any atom is 0.254 e. The van der Waals surface area contributed by atoms with Gasteiger partial charge in [0.1, 0.15) is 11.9 Å². The van der Waals surface area contributed by atoms with E-state index in [2.05, 4.69) is 45.1 Å². The maximum absolute atomic E-state index is 11.9. The number of hydrogen-bond acceptors (Lipinski definition) is 5. The number of rotatable bonds is 7. The Bertz CT molecular complexity index is 640. The summed E-state index contributed by atoms with van der Waals surface area (Å²) < 4.78 is 5.34. The summed E-state index contributed by atoms with van der Waals surface area (Å²) in [5.74, 6) is 1.01. The van der Waals surface area contributed by atoms with Crippen LogP contribution in [-0.2, 0) is 16.0 Å². The Hall–Kier alpha value is -2.47. The van der Waals surface area contributed by atoms with E-state index in [0.29, 0.717) is 18.2 Å². The van der Waals surface area contributed by atoms with Crippen molar-refractivity contribution in [3.05, 3.63) is 48.0 Å². The minimum atomic E-state index is -0.359. The molecule has 6 heteroatoms. The molecular weight excluding hydrogens is 304 g/mol. The number of nitrogens with one attached hydrogen (secondary N) is 2. The number of aryl methyl sites for hydroxylation is 1. The van der Waals surface area contributed by atoms with Crippen molar-refractivity contribution in [2.24, 2.45) is 0 Å². The zero-order valence-corrected chi connectivity index (χ0v) is 13.6. The van der Waals surface area contributed by atoms with E-state index in [0.717, 1.165) is 32.2 Å². The summed E-state index contributed by atoms with van der Waals surface area (Å²) in [5.41, 5.74) is 1.33. The fraction of sp³-hybridized carbons (Fsp3) is 0.389. The maximum atomic E-state index is 11.9. The zero-order valence-electron chi connectivity index (χ0n) is 13.6. The highest BCUT2D eigenvalue weighted by atomic mass is 16.5. The van der Waals surface area contributed by atoms with Gasteiger partial charge in [-0.1, -0.05) is 30.3 Å². The molecule has 2 aromatic rings. The van der Waals surface area contributed by atoms with Gasteiger partial charge in [0.2, 0.25) is 0 Å². The van der Waals surface area contributed by atoms with E-state index < -0.39 is 0 Å². The van der Waals surface area contributed by atoms with E-state index >= 15 is 0 Å². The van der Waals surface area contributed by atoms with Crippen molar-refractivity contribution in [1.29, 1.82) is 0 Å². The topological polar surface area (TPSA) is 76.1 Å². The Morgan fingerprint density at radius 2 is 1.92 bits per heavy atom. The Labute approximate surface area is 141 Å². The number of ether oxygens (including phenoxy) is 1. The number of benzene rings is 1. The van der Waals surface area contributed by atoms with E-state index in [4.69, 9.17) is 4.74 Å². The molecule has 3 rings (SSSR count). The third-order valence-corrected chi connectivity index (χ3v) is 3.93. The van der Waals surface area contributed by atoms with Crippen LogP contribution in [0, 0.1) is 0 Å². The molecule has 0 aliphatic carbocycles. The summed E-state index contributed by atoms with van der Waals surface area (Å²) in [4.78, 5) is 11.9. The van der Waals surface area contributed by atoms with Crippen LogP contribution in [-0.4, -0.2) is 35.4 Å². The number of aromatic nitrogens is 2. The Morgan fingerprint density at radius 1 is 1.12 bits per heavy atom. The first-order valence-corrected chi connectivity index (χ1v) is 8.35. The molecule has 1 unspecified atom stereocenters. The SMILES string of the molecule is O=C(Nc1ccc(NCCCc2ccccc2)nn1)C1CCCO1. The molecule has 1 saturated heterocycles. The monoisotopic (exact) mass is 326 g/mol. The third-order valence-electron chi connectivity index (χ3n) is 3.93. The first-order chi connectivity index (χ1) is 11.8. The molecule has 1 aromatic carbocycles. The van der Waals surface area contributed by atoms with Gasteiger partial charge in [-0.2, -0.15) is 0 Å². The summed E-state index contributed by atoms with van der Waals surface area (Å²) in [5, 5.41) is 14.1. The lowest BCUT2D eigenvalue weighted by Crippen LogP contribution is -2.27. The van der Waals surface area contributed by atoms with Crippen LogP contribution in [0.3, 0.4) is 0 Å². The van der Waals surface area contributed by atoms with Crippen LogP contribution in [0.4, 0.5) is 11.6 Å². The average Bonchev–Trinajstić information content (AvgIpc) is 3.16. The van der Waals surface area contributed by atoms with Crippen LogP contribution in [0.2, 0.25) is 0 Å². The van der Waals surface area contributed by atoms with E-state index in [1.807, 2.05) is 12.1 Å². The summed E-state index contributed by atoms with van der Waals surface area (Å²) in [6, 6.07) is 14.0. The minimum absolute atomic E-state index is 0.148. The van der Waals surface area contributed by atoms with Gasteiger partial charge in [0.25, 0.3) is 5.91 Å². The highest BCUT2D eigenvalue weighted by molar-refractivity contribution is 5.93. The first-order valence-electron chi connectivity index (χ1n) is 8.35. The molecule has 0 radical (unpaired) electrons. The molecule has 0 bridgehead atoms. The molecule has 1 aliphatic heterocycles. The van der Waals surface area contributed by atoms with Gasteiger partial charge in [0, 0.05) is 13.2 Å². The van der Waals surface area contributed by atoms with Gasteiger partial charge < -0.3 is 15.4 Å². The normalized spacial score (nSPS) is 16.8. The van der Waals surface area contributed by atoms with Gasteiger partial charge in [-0.05, 0) is 43.4 Å². The lowest BCUT2D eigenvalue weighted by molar-refractivity contribution is -0.124. The molecule has 0 spiro atoms. The number of carbonyl (C=O) groups is 1. The van der Waals surface area contributed by atoms with Crippen molar-refractivity contribution in [2.75, 3.05) is 23.8 Å². The largest absolute Gasteiger partial charge is 0.369 e. The molecule has 2 N–H and O–H groups in total. The van der Waals surface area contributed by atoms with Crippen LogP contribution >= 0.6 is 0 Å². The molecule has 1 aliphatic rings. The lowest BCUT2D eigenvalue weighted by Gasteiger charge is -2.10. The van der Waals surface area contributed by atoms with E-state index in [1.54, 1.807) is 6.07 Å². The Kier molecular flexibility index (Phi) is 5.74. The summed E-state index contributed by atoms with van der Waals surface area (Å²) in [7, 11) is 0. The van der Waals surface area contributed by atoms with E-state index in [9.17, 15) is 4.79 Å². The second kappa shape index (κ2) is 8.40. The van der Waals surface area contributed by atoms with Gasteiger partial charge in [0.05, 0.1) is 0 Å². The fourth-order valence-electron chi connectivity index (χ4n) is 2.64. The highest BCUT2D eigenvalue weighted by Gasteiger charge is 2.23. The smallest absolute Gasteiger partial charge is 0.254 e. The van der Waals surface area contributed by atoms with Crippen molar-refractivity contribution in [1.82, 2.24) is 10.2 Å². The average molecular weight is 326 g/mol. The van der Waals surface area contributed by atoms with Gasteiger partial charge in [-0.25, -0.2) is 0 Å². The van der Waals surface area contributed by atoms with Crippen molar-refractivity contribution in [2.45, 2.75) is 31.8 Å². The van der Waals surface area contributed by atoms with Crippen molar-refractivity contribution in [3.8, 4) is 0 Å². The lowest BCUT2D eigenvalue weighted by atomic mass is 10.1. The highest BCUT2D eigenvalue weighted by Crippen LogP contribution is 2.14. The molecule has 0 saturated carbocycles. The van der Waals surface area contributed by atoms with Gasteiger partial charge in [-0.15, -0.1) is 10.2 Å². The fourth-order valence-corrected chi connectivity index (χ4v) is 2.64. The quantitative estimate of drug-likeness (QED) is 0.765. The van der Waals surface area contributed by atoms with E-state index in [-0.39, 0.29) is 12.0 Å². The molecular formula is C18H22N4O2. The molecule has 2 heterocycles. The van der Waals surface area contributed by atoms with Crippen molar-refractivity contribution >= 4 is 17.5 Å². The standard InChI is InChI=1S/C18H22N4O2/c23-18(15-9-5-13-24-15)20-17-11-10-16(21-22-17)19-12-4-8-14-6-2-1-3-7-14/h1-3,6-7,10-11,15H,4-5,8-9,12-13H2,(H,19,21)(H,20,22,23). The van der Waals surface area contributed by atoms with Crippen LogP contribution < -0.4 is 10.6 Å². The first kappa shape index (κ1) is 16.4. The van der Waals surface area contributed by atoms with Gasteiger partial charge >= 0.3 is 0 Å². The summed E-state index contributed by atoms with van der Waals surface area (Å²) >= 11 is 0. The summed E-state index contributed by atoms with van der Waals surface area (Å²) in [6.45, 7) is 1.47. The minimum Gasteiger partial charge on any atom is -0.369 e. The Morgan fingerprint density at radius 3 is 2.62 bits per heavy atom. The van der Waals surface area contributed by atoms with Crippen LogP contribution in [0.25, 0.3) is 0 Å². The van der Waals surface area contributed by atoms with Crippen LogP contribution in [0.5, 0.6) is 0 Å². The molecule has 1 amide bonds. The number of anilines is 2. The van der Waals surface area contributed by atoms with E-state index in [1.165, 1.54) is 5.56 Å². The molecule has 1 atom stereocenters. The number of amides is 1. The second-order valence-electron chi connectivity index (χ2n) is 5.81. The van der Waals surface area contributed by atoms with Crippen molar-refractivity contribution < 1.29 is 9.53 Å². The molecule has 24 heavy (non-hydrogen) atoms.